The molecule has 0 spiro atoms. The van der Waals surface area contributed by atoms with Crippen molar-refractivity contribution in [2.75, 3.05) is 0 Å². The SMILES string of the molecule is N/C(=C\CC1C=CCCC1)C1=CC=CCC1. The van der Waals surface area contributed by atoms with Gasteiger partial charge in [-0.25, -0.2) is 0 Å². The summed E-state index contributed by atoms with van der Waals surface area (Å²) in [5.41, 5.74) is 8.40. The lowest BCUT2D eigenvalue weighted by Gasteiger charge is -2.15. The van der Waals surface area contributed by atoms with Crippen LogP contribution in [0.5, 0.6) is 0 Å². The first kappa shape index (κ1) is 11.3. The molecule has 0 aromatic carbocycles. The molecule has 0 saturated carbocycles. The highest BCUT2D eigenvalue weighted by molar-refractivity contribution is 5.34. The monoisotopic (exact) mass is 215 g/mol. The van der Waals surface area contributed by atoms with E-state index in [0.717, 1.165) is 25.0 Å². The predicted molar refractivity (Wildman–Crippen MR) is 69.8 cm³/mol. The lowest BCUT2D eigenvalue weighted by Crippen LogP contribution is -2.05. The van der Waals surface area contributed by atoms with E-state index in [1.54, 1.807) is 0 Å². The normalized spacial score (nSPS) is 25.6. The van der Waals surface area contributed by atoms with Crippen LogP contribution < -0.4 is 5.73 Å². The molecule has 86 valence electrons. The van der Waals surface area contributed by atoms with E-state index in [2.05, 4.69) is 36.5 Å². The van der Waals surface area contributed by atoms with Gasteiger partial charge in [0.1, 0.15) is 0 Å². The van der Waals surface area contributed by atoms with Gasteiger partial charge in [-0.3, -0.25) is 0 Å². The van der Waals surface area contributed by atoms with Gasteiger partial charge in [0.05, 0.1) is 0 Å². The zero-order valence-corrected chi connectivity index (χ0v) is 9.86. The van der Waals surface area contributed by atoms with Crippen molar-refractivity contribution in [3.8, 4) is 0 Å². The summed E-state index contributed by atoms with van der Waals surface area (Å²) >= 11 is 0. The van der Waals surface area contributed by atoms with Crippen LogP contribution in [0.4, 0.5) is 0 Å². The van der Waals surface area contributed by atoms with Crippen LogP contribution in [0.25, 0.3) is 0 Å². The summed E-state index contributed by atoms with van der Waals surface area (Å²) in [6.45, 7) is 0. The lowest BCUT2D eigenvalue weighted by molar-refractivity contribution is 0.546. The minimum absolute atomic E-state index is 0.715. The average Bonchev–Trinajstić information content (AvgIpc) is 2.38. The molecule has 2 aliphatic rings. The molecular formula is C15H21N. The fraction of sp³-hybridized carbons (Fsp3) is 0.467. The molecule has 2 aliphatic carbocycles. The highest BCUT2D eigenvalue weighted by Crippen LogP contribution is 2.23. The summed E-state index contributed by atoms with van der Waals surface area (Å²) in [4.78, 5) is 0. The average molecular weight is 215 g/mol. The topological polar surface area (TPSA) is 26.0 Å². The van der Waals surface area contributed by atoms with Gasteiger partial charge in [-0.1, -0.05) is 36.5 Å². The zero-order valence-electron chi connectivity index (χ0n) is 9.86. The number of hydrogen-bond acceptors (Lipinski definition) is 1. The van der Waals surface area contributed by atoms with E-state index in [-0.39, 0.29) is 0 Å². The molecule has 1 nitrogen and oxygen atoms in total. The van der Waals surface area contributed by atoms with E-state index >= 15 is 0 Å². The Morgan fingerprint density at radius 3 is 3.00 bits per heavy atom. The summed E-state index contributed by atoms with van der Waals surface area (Å²) < 4.78 is 0. The van der Waals surface area contributed by atoms with Crippen LogP contribution >= 0.6 is 0 Å². The van der Waals surface area contributed by atoms with Crippen LogP contribution in [0.1, 0.15) is 38.5 Å². The summed E-state index contributed by atoms with van der Waals surface area (Å²) in [6, 6.07) is 0. The lowest BCUT2D eigenvalue weighted by atomic mass is 9.92. The molecule has 1 atom stereocenters. The Labute approximate surface area is 98.4 Å². The van der Waals surface area contributed by atoms with Gasteiger partial charge in [0.2, 0.25) is 0 Å². The van der Waals surface area contributed by atoms with Crippen molar-refractivity contribution in [2.45, 2.75) is 38.5 Å². The Morgan fingerprint density at radius 1 is 1.38 bits per heavy atom. The molecule has 0 aromatic heterocycles. The smallest absolute Gasteiger partial charge is 0.0306 e. The second-order valence-electron chi connectivity index (χ2n) is 4.67. The summed E-state index contributed by atoms with van der Waals surface area (Å²) in [6.07, 6.45) is 20.6. The van der Waals surface area contributed by atoms with Gasteiger partial charge in [0.15, 0.2) is 0 Å². The van der Waals surface area contributed by atoms with Gasteiger partial charge in [0, 0.05) is 5.70 Å². The number of nitrogens with two attached hydrogens (primary N) is 1. The van der Waals surface area contributed by atoms with Gasteiger partial charge >= 0.3 is 0 Å². The first-order valence-corrected chi connectivity index (χ1v) is 6.34. The number of allylic oxidation sites excluding steroid dienone is 7. The van der Waals surface area contributed by atoms with Gasteiger partial charge in [0.25, 0.3) is 0 Å². The quantitative estimate of drug-likeness (QED) is 0.711. The van der Waals surface area contributed by atoms with Crippen LogP contribution in [0.15, 0.2) is 47.7 Å². The highest BCUT2D eigenvalue weighted by atomic mass is 14.6. The largest absolute Gasteiger partial charge is 0.399 e. The predicted octanol–water partition coefficient (Wildman–Crippen LogP) is 3.85. The van der Waals surface area contributed by atoms with Crippen LogP contribution in [0.2, 0.25) is 0 Å². The van der Waals surface area contributed by atoms with Gasteiger partial charge in [-0.05, 0) is 50.0 Å². The fourth-order valence-electron chi connectivity index (χ4n) is 2.33. The minimum Gasteiger partial charge on any atom is -0.399 e. The first-order chi connectivity index (χ1) is 7.86. The van der Waals surface area contributed by atoms with Crippen molar-refractivity contribution in [1.29, 1.82) is 0 Å². The first-order valence-electron chi connectivity index (χ1n) is 6.34. The van der Waals surface area contributed by atoms with E-state index in [4.69, 9.17) is 5.73 Å². The van der Waals surface area contributed by atoms with Gasteiger partial charge < -0.3 is 5.73 Å². The zero-order chi connectivity index (χ0) is 11.2. The molecule has 0 heterocycles. The van der Waals surface area contributed by atoms with E-state index in [0.29, 0.717) is 5.92 Å². The molecule has 1 unspecified atom stereocenters. The van der Waals surface area contributed by atoms with E-state index in [1.165, 1.54) is 24.8 Å². The van der Waals surface area contributed by atoms with Crippen LogP contribution in [0.3, 0.4) is 0 Å². The van der Waals surface area contributed by atoms with Gasteiger partial charge in [-0.15, -0.1) is 0 Å². The molecule has 0 aliphatic heterocycles. The van der Waals surface area contributed by atoms with Gasteiger partial charge in [-0.2, -0.15) is 0 Å². The molecule has 1 heteroatoms. The second-order valence-corrected chi connectivity index (χ2v) is 4.67. The molecule has 0 radical (unpaired) electrons. The van der Waals surface area contributed by atoms with Crippen molar-refractivity contribution >= 4 is 0 Å². The van der Waals surface area contributed by atoms with E-state index in [9.17, 15) is 0 Å². The standard InChI is InChI=1S/C15H21N/c16-15(14-9-5-2-6-10-14)12-11-13-7-3-1-4-8-13/h2-3,5,7,9,12-13H,1,4,6,8,10-11,16H2/b15-12-. The number of hydrogen-bond donors (Lipinski definition) is 1. The van der Waals surface area contributed by atoms with Crippen molar-refractivity contribution in [1.82, 2.24) is 0 Å². The third kappa shape index (κ3) is 3.13. The van der Waals surface area contributed by atoms with Crippen LogP contribution in [0, 0.1) is 5.92 Å². The third-order valence-corrected chi connectivity index (χ3v) is 3.38. The maximum atomic E-state index is 6.10. The van der Waals surface area contributed by atoms with Crippen LogP contribution in [-0.2, 0) is 0 Å². The molecule has 0 fully saturated rings. The van der Waals surface area contributed by atoms with Crippen molar-refractivity contribution in [3.63, 3.8) is 0 Å². The Hall–Kier alpha value is -1.24. The molecular weight excluding hydrogens is 194 g/mol. The summed E-state index contributed by atoms with van der Waals surface area (Å²) in [5, 5.41) is 0. The Balaban J connectivity index is 1.90. The molecule has 0 bridgehead atoms. The maximum absolute atomic E-state index is 6.10. The second kappa shape index (κ2) is 5.74. The molecule has 0 amide bonds. The molecule has 0 aromatic rings. The van der Waals surface area contributed by atoms with E-state index in [1.807, 2.05) is 0 Å². The Kier molecular flexibility index (Phi) is 4.03. The van der Waals surface area contributed by atoms with Crippen molar-refractivity contribution < 1.29 is 0 Å². The van der Waals surface area contributed by atoms with E-state index < -0.39 is 0 Å². The van der Waals surface area contributed by atoms with Crippen molar-refractivity contribution in [3.05, 3.63) is 47.7 Å². The minimum atomic E-state index is 0.715. The Morgan fingerprint density at radius 2 is 2.31 bits per heavy atom. The summed E-state index contributed by atoms with van der Waals surface area (Å²) in [7, 11) is 0. The molecule has 16 heavy (non-hydrogen) atoms. The number of rotatable bonds is 3. The van der Waals surface area contributed by atoms with Crippen LogP contribution in [-0.4, -0.2) is 0 Å². The molecule has 2 N–H and O–H groups in total. The Bertz CT molecular complexity index is 344. The van der Waals surface area contributed by atoms with Crippen molar-refractivity contribution in [2.24, 2.45) is 11.7 Å². The third-order valence-electron chi connectivity index (χ3n) is 3.38. The summed E-state index contributed by atoms with van der Waals surface area (Å²) in [5.74, 6) is 0.715. The maximum Gasteiger partial charge on any atom is 0.0306 e. The molecule has 2 rings (SSSR count). The fourth-order valence-corrected chi connectivity index (χ4v) is 2.33. The molecule has 0 saturated heterocycles. The highest BCUT2D eigenvalue weighted by Gasteiger charge is 2.08.